The molecule has 2 heterocycles. The number of alkyl halides is 3. The highest BCUT2D eigenvalue weighted by Crippen LogP contribution is 2.38. The molecule has 1 saturated heterocycles. The minimum Gasteiger partial charge on any atom is -0.387 e. The molecule has 1 atom stereocenters. The Balaban J connectivity index is 2.42. The van der Waals surface area contributed by atoms with Crippen LogP contribution < -0.4 is 5.32 Å². The Morgan fingerprint density at radius 1 is 1.47 bits per heavy atom. The minimum absolute atomic E-state index is 0.00556. The minimum atomic E-state index is -4.40. The van der Waals surface area contributed by atoms with E-state index in [1.165, 1.54) is 6.20 Å². The summed E-state index contributed by atoms with van der Waals surface area (Å²) in [5, 5.41) is 2.65. The molecular weight excluding hydrogens is 233 g/mol. The zero-order chi connectivity index (χ0) is 12.5. The second-order valence-corrected chi connectivity index (χ2v) is 3.91. The lowest BCUT2D eigenvalue weighted by Gasteiger charge is -2.17. The first-order valence-electron chi connectivity index (χ1n) is 5.39. The van der Waals surface area contributed by atoms with Gasteiger partial charge in [0.25, 0.3) is 0 Å². The predicted octanol–water partition coefficient (Wildman–Crippen LogP) is 2.99. The summed E-state index contributed by atoms with van der Waals surface area (Å²) in [4.78, 5) is 3.89. The molecule has 0 bridgehead atoms. The van der Waals surface area contributed by atoms with Gasteiger partial charge in [0.05, 0.1) is 23.1 Å². The summed E-state index contributed by atoms with van der Waals surface area (Å²) in [7, 11) is 1.56. The van der Waals surface area contributed by atoms with E-state index in [1.807, 2.05) is 0 Å². The molecule has 1 aromatic heterocycles. The molecule has 17 heavy (non-hydrogen) atoms. The van der Waals surface area contributed by atoms with Gasteiger partial charge >= 0.3 is 6.18 Å². The van der Waals surface area contributed by atoms with Gasteiger partial charge in [0.2, 0.25) is 0 Å². The van der Waals surface area contributed by atoms with Crippen LogP contribution in [0.3, 0.4) is 0 Å². The second-order valence-electron chi connectivity index (χ2n) is 3.91. The fourth-order valence-electron chi connectivity index (χ4n) is 1.89. The van der Waals surface area contributed by atoms with Gasteiger partial charge in [-0.15, -0.1) is 0 Å². The van der Waals surface area contributed by atoms with E-state index >= 15 is 0 Å². The van der Waals surface area contributed by atoms with Crippen molar-refractivity contribution >= 4 is 5.69 Å². The molecule has 0 spiro atoms. The number of nitrogens with zero attached hydrogens (tertiary/aromatic N) is 1. The number of hydrogen-bond acceptors (Lipinski definition) is 3. The van der Waals surface area contributed by atoms with E-state index in [2.05, 4.69) is 10.3 Å². The van der Waals surface area contributed by atoms with Gasteiger partial charge in [-0.3, -0.25) is 4.98 Å². The SMILES string of the molecule is CNc1cnc(C2CCCO2)c(C(F)(F)F)c1. The van der Waals surface area contributed by atoms with Crippen molar-refractivity contribution in [2.24, 2.45) is 0 Å². The lowest BCUT2D eigenvalue weighted by atomic mass is 10.1. The molecule has 0 amide bonds. The summed E-state index contributed by atoms with van der Waals surface area (Å²) in [5.74, 6) is 0. The molecular formula is C11H13F3N2O. The molecule has 1 N–H and O–H groups in total. The zero-order valence-corrected chi connectivity index (χ0v) is 9.34. The van der Waals surface area contributed by atoms with E-state index in [9.17, 15) is 13.2 Å². The largest absolute Gasteiger partial charge is 0.418 e. The maximum absolute atomic E-state index is 12.9. The highest BCUT2D eigenvalue weighted by atomic mass is 19.4. The van der Waals surface area contributed by atoms with Crippen LogP contribution in [0.1, 0.15) is 30.2 Å². The first-order chi connectivity index (χ1) is 8.02. The van der Waals surface area contributed by atoms with Crippen LogP contribution in [0.15, 0.2) is 12.3 Å². The Hall–Kier alpha value is -1.30. The molecule has 1 aliphatic heterocycles. The Morgan fingerprint density at radius 2 is 2.24 bits per heavy atom. The van der Waals surface area contributed by atoms with Gasteiger partial charge in [-0.25, -0.2) is 0 Å². The van der Waals surface area contributed by atoms with Crippen molar-refractivity contribution in [1.82, 2.24) is 4.98 Å². The number of nitrogens with one attached hydrogen (secondary N) is 1. The van der Waals surface area contributed by atoms with Crippen molar-refractivity contribution in [1.29, 1.82) is 0 Å². The third-order valence-electron chi connectivity index (χ3n) is 2.75. The molecule has 0 radical (unpaired) electrons. The van der Waals surface area contributed by atoms with Gasteiger partial charge in [-0.05, 0) is 18.9 Å². The third kappa shape index (κ3) is 2.52. The molecule has 2 rings (SSSR count). The predicted molar refractivity (Wildman–Crippen MR) is 56.7 cm³/mol. The summed E-state index contributed by atoms with van der Waals surface area (Å²) in [5.41, 5.74) is -0.371. The first-order valence-corrected chi connectivity index (χ1v) is 5.39. The lowest BCUT2D eigenvalue weighted by molar-refractivity contribution is -0.139. The molecule has 1 unspecified atom stereocenters. The van der Waals surface area contributed by atoms with E-state index in [0.29, 0.717) is 18.7 Å². The van der Waals surface area contributed by atoms with Gasteiger partial charge in [0, 0.05) is 13.7 Å². The number of rotatable bonds is 2. The van der Waals surface area contributed by atoms with Gasteiger partial charge in [0.1, 0.15) is 6.10 Å². The van der Waals surface area contributed by atoms with Gasteiger partial charge in [-0.2, -0.15) is 13.2 Å². The lowest BCUT2D eigenvalue weighted by Crippen LogP contribution is -2.14. The molecule has 0 saturated carbocycles. The second kappa shape index (κ2) is 4.52. The summed E-state index contributed by atoms with van der Waals surface area (Å²) in [6, 6.07) is 1.07. The Bertz CT molecular complexity index is 400. The highest BCUT2D eigenvalue weighted by Gasteiger charge is 2.37. The Morgan fingerprint density at radius 3 is 2.76 bits per heavy atom. The van der Waals surface area contributed by atoms with E-state index < -0.39 is 17.8 Å². The van der Waals surface area contributed by atoms with Crippen LogP contribution in [-0.2, 0) is 10.9 Å². The molecule has 6 heteroatoms. The molecule has 3 nitrogen and oxygen atoms in total. The van der Waals surface area contributed by atoms with Crippen LogP contribution in [0.25, 0.3) is 0 Å². The number of pyridine rings is 1. The van der Waals surface area contributed by atoms with Crippen LogP contribution >= 0.6 is 0 Å². The van der Waals surface area contributed by atoms with E-state index in [-0.39, 0.29) is 5.69 Å². The summed E-state index contributed by atoms with van der Waals surface area (Å²) >= 11 is 0. The fraction of sp³-hybridized carbons (Fsp3) is 0.545. The van der Waals surface area contributed by atoms with Crippen LogP contribution in [0.2, 0.25) is 0 Å². The monoisotopic (exact) mass is 246 g/mol. The number of anilines is 1. The van der Waals surface area contributed by atoms with Gasteiger partial charge in [-0.1, -0.05) is 0 Å². The molecule has 1 aliphatic rings. The maximum Gasteiger partial charge on any atom is 0.418 e. The quantitative estimate of drug-likeness (QED) is 0.871. The van der Waals surface area contributed by atoms with Crippen LogP contribution in [0.5, 0.6) is 0 Å². The third-order valence-corrected chi connectivity index (χ3v) is 2.75. The molecule has 1 aromatic rings. The van der Waals surface area contributed by atoms with Crippen molar-refractivity contribution in [3.05, 3.63) is 23.5 Å². The summed E-state index contributed by atoms with van der Waals surface area (Å²) in [6.45, 7) is 0.497. The summed E-state index contributed by atoms with van der Waals surface area (Å²) in [6.07, 6.45) is -2.17. The van der Waals surface area contributed by atoms with Gasteiger partial charge < -0.3 is 10.1 Å². The zero-order valence-electron chi connectivity index (χ0n) is 9.34. The Labute approximate surface area is 97.0 Å². The fourth-order valence-corrected chi connectivity index (χ4v) is 1.89. The van der Waals surface area contributed by atoms with Crippen LogP contribution in [-0.4, -0.2) is 18.6 Å². The van der Waals surface area contributed by atoms with E-state index in [0.717, 1.165) is 12.5 Å². The van der Waals surface area contributed by atoms with Crippen molar-refractivity contribution in [3.8, 4) is 0 Å². The first kappa shape index (κ1) is 12.2. The molecule has 0 aliphatic carbocycles. The number of ether oxygens (including phenoxy) is 1. The molecule has 94 valence electrons. The average molecular weight is 246 g/mol. The molecule has 0 aromatic carbocycles. The number of hydrogen-bond donors (Lipinski definition) is 1. The highest BCUT2D eigenvalue weighted by molar-refractivity contribution is 5.45. The van der Waals surface area contributed by atoms with Crippen LogP contribution in [0.4, 0.5) is 18.9 Å². The van der Waals surface area contributed by atoms with Crippen molar-refractivity contribution in [3.63, 3.8) is 0 Å². The van der Waals surface area contributed by atoms with E-state index in [4.69, 9.17) is 4.74 Å². The Kier molecular flexibility index (Phi) is 3.24. The van der Waals surface area contributed by atoms with Crippen molar-refractivity contribution < 1.29 is 17.9 Å². The van der Waals surface area contributed by atoms with Crippen LogP contribution in [0, 0.1) is 0 Å². The van der Waals surface area contributed by atoms with E-state index in [1.54, 1.807) is 7.05 Å². The number of aromatic nitrogens is 1. The maximum atomic E-state index is 12.9. The standard InChI is InChI=1S/C11H13F3N2O/c1-15-7-5-8(11(12,13)14)10(16-6-7)9-3-2-4-17-9/h5-6,9,15H,2-4H2,1H3. The molecule has 1 fully saturated rings. The topological polar surface area (TPSA) is 34.2 Å². The van der Waals surface area contributed by atoms with Gasteiger partial charge in [0.15, 0.2) is 0 Å². The van der Waals surface area contributed by atoms with Crippen molar-refractivity contribution in [2.45, 2.75) is 25.1 Å². The normalized spacial score (nSPS) is 20.6. The average Bonchev–Trinajstić information content (AvgIpc) is 2.80. The summed E-state index contributed by atoms with van der Waals surface area (Å²) < 4.78 is 43.9. The van der Waals surface area contributed by atoms with Crippen molar-refractivity contribution in [2.75, 3.05) is 19.0 Å². The smallest absolute Gasteiger partial charge is 0.387 e. The number of halogens is 3.